The molecule has 0 unspecified atom stereocenters. The zero-order valence-electron chi connectivity index (χ0n) is 12.9. The first-order valence-corrected chi connectivity index (χ1v) is 7.57. The number of ether oxygens (including phenoxy) is 1. The summed E-state index contributed by atoms with van der Waals surface area (Å²) < 4.78 is 5.68. The summed E-state index contributed by atoms with van der Waals surface area (Å²) >= 11 is 0. The van der Waals surface area contributed by atoms with Crippen LogP contribution in [0.5, 0.6) is 0 Å². The van der Waals surface area contributed by atoms with Gasteiger partial charge in [-0.1, -0.05) is 6.92 Å². The van der Waals surface area contributed by atoms with Crippen LogP contribution in [0.15, 0.2) is 6.20 Å². The Morgan fingerprint density at radius 1 is 1.45 bits per heavy atom. The van der Waals surface area contributed by atoms with Crippen molar-refractivity contribution in [3.05, 3.63) is 11.8 Å². The number of nitrogens with zero attached hydrogens (tertiary/aromatic N) is 3. The Balaban J connectivity index is 1.84. The van der Waals surface area contributed by atoms with Crippen molar-refractivity contribution < 1.29 is 4.74 Å². The van der Waals surface area contributed by atoms with Gasteiger partial charge in [0, 0.05) is 38.5 Å². The van der Waals surface area contributed by atoms with E-state index in [4.69, 9.17) is 4.74 Å². The molecule has 1 saturated carbocycles. The van der Waals surface area contributed by atoms with Crippen molar-refractivity contribution in [3.8, 4) is 0 Å². The normalized spacial score (nSPS) is 14.3. The molecule has 20 heavy (non-hydrogen) atoms. The third-order valence-corrected chi connectivity index (χ3v) is 3.46. The lowest BCUT2D eigenvalue weighted by molar-refractivity contribution is 0.130. The molecule has 1 heterocycles. The molecule has 5 heteroatoms. The second kappa shape index (κ2) is 7.43. The van der Waals surface area contributed by atoms with E-state index < -0.39 is 0 Å². The topological polar surface area (TPSA) is 50.3 Å². The van der Waals surface area contributed by atoms with E-state index in [1.54, 1.807) is 0 Å². The van der Waals surface area contributed by atoms with Crippen molar-refractivity contribution in [1.29, 1.82) is 0 Å². The van der Waals surface area contributed by atoms with Crippen LogP contribution < -0.4 is 10.2 Å². The number of rotatable bonds is 9. The first kappa shape index (κ1) is 15.0. The third kappa shape index (κ3) is 4.63. The van der Waals surface area contributed by atoms with Gasteiger partial charge in [-0.3, -0.25) is 0 Å². The molecule has 1 aliphatic carbocycles. The Morgan fingerprint density at radius 2 is 2.25 bits per heavy atom. The van der Waals surface area contributed by atoms with Gasteiger partial charge in [-0.25, -0.2) is 4.98 Å². The second-order valence-electron chi connectivity index (χ2n) is 5.57. The minimum atomic E-state index is 0.707. The van der Waals surface area contributed by atoms with E-state index in [1.165, 1.54) is 12.8 Å². The van der Waals surface area contributed by atoms with Crippen LogP contribution in [-0.2, 0) is 4.74 Å². The number of likely N-dealkylation sites (N-methyl/N-ethyl adjacent to an activating group) is 1. The van der Waals surface area contributed by atoms with Crippen molar-refractivity contribution in [1.82, 2.24) is 9.97 Å². The number of hydrogen-bond donors (Lipinski definition) is 1. The lowest BCUT2D eigenvalue weighted by Crippen LogP contribution is -2.25. The van der Waals surface area contributed by atoms with Crippen molar-refractivity contribution in [2.45, 2.75) is 33.1 Å². The number of hydrogen-bond acceptors (Lipinski definition) is 5. The average molecular weight is 278 g/mol. The van der Waals surface area contributed by atoms with Gasteiger partial charge in [-0.05, 0) is 32.1 Å². The van der Waals surface area contributed by atoms with Crippen LogP contribution in [0.4, 0.5) is 11.8 Å². The molecule has 0 saturated heterocycles. The molecule has 0 aliphatic heterocycles. The van der Waals surface area contributed by atoms with Crippen LogP contribution in [0.3, 0.4) is 0 Å². The molecule has 112 valence electrons. The van der Waals surface area contributed by atoms with Crippen LogP contribution in [0, 0.1) is 12.8 Å². The van der Waals surface area contributed by atoms with Gasteiger partial charge in [0.05, 0.1) is 6.61 Å². The highest BCUT2D eigenvalue weighted by molar-refractivity contribution is 5.48. The smallest absolute Gasteiger partial charge is 0.224 e. The van der Waals surface area contributed by atoms with Crippen molar-refractivity contribution in [2.75, 3.05) is 43.6 Å². The van der Waals surface area contributed by atoms with Gasteiger partial charge in [0.1, 0.15) is 5.82 Å². The van der Waals surface area contributed by atoms with Gasteiger partial charge >= 0.3 is 0 Å². The van der Waals surface area contributed by atoms with Gasteiger partial charge < -0.3 is 15.0 Å². The lowest BCUT2D eigenvalue weighted by Gasteiger charge is -2.20. The molecule has 0 spiro atoms. The van der Waals surface area contributed by atoms with Crippen LogP contribution in [0.2, 0.25) is 0 Å². The summed E-state index contributed by atoms with van der Waals surface area (Å²) in [6.07, 6.45) is 5.62. The fraction of sp³-hybridized carbons (Fsp3) is 0.733. The molecule has 0 amide bonds. The van der Waals surface area contributed by atoms with Gasteiger partial charge in [-0.15, -0.1) is 0 Å². The Labute approximate surface area is 121 Å². The van der Waals surface area contributed by atoms with E-state index in [0.29, 0.717) is 5.95 Å². The SMILES string of the molecule is CCCNc1ncc(C)c(N(C)CCOCC2CC2)n1. The van der Waals surface area contributed by atoms with Crippen LogP contribution >= 0.6 is 0 Å². The van der Waals surface area contributed by atoms with Gasteiger partial charge in [0.15, 0.2) is 0 Å². The lowest BCUT2D eigenvalue weighted by atomic mass is 10.3. The summed E-state index contributed by atoms with van der Waals surface area (Å²) in [6.45, 7) is 7.61. The van der Waals surface area contributed by atoms with Crippen molar-refractivity contribution in [3.63, 3.8) is 0 Å². The molecule has 1 aromatic heterocycles. The largest absolute Gasteiger partial charge is 0.379 e. The summed E-state index contributed by atoms with van der Waals surface area (Å²) in [5.41, 5.74) is 1.09. The fourth-order valence-corrected chi connectivity index (χ4v) is 1.98. The number of anilines is 2. The quantitative estimate of drug-likeness (QED) is 0.703. The zero-order valence-corrected chi connectivity index (χ0v) is 12.9. The highest BCUT2D eigenvalue weighted by Gasteiger charge is 2.21. The molecule has 5 nitrogen and oxygen atoms in total. The minimum Gasteiger partial charge on any atom is -0.379 e. The molecule has 1 N–H and O–H groups in total. The molecule has 1 fully saturated rings. The summed E-state index contributed by atoms with van der Waals surface area (Å²) in [5.74, 6) is 2.51. The van der Waals surface area contributed by atoms with E-state index in [9.17, 15) is 0 Å². The average Bonchev–Trinajstić information content (AvgIpc) is 3.26. The molecule has 0 radical (unpaired) electrons. The van der Waals surface area contributed by atoms with Gasteiger partial charge in [-0.2, -0.15) is 4.98 Å². The Morgan fingerprint density at radius 3 is 2.95 bits per heavy atom. The van der Waals surface area contributed by atoms with E-state index >= 15 is 0 Å². The highest BCUT2D eigenvalue weighted by atomic mass is 16.5. The monoisotopic (exact) mass is 278 g/mol. The Bertz CT molecular complexity index is 420. The maximum Gasteiger partial charge on any atom is 0.224 e. The summed E-state index contributed by atoms with van der Waals surface area (Å²) in [4.78, 5) is 11.0. The Hall–Kier alpha value is -1.36. The van der Waals surface area contributed by atoms with E-state index in [2.05, 4.69) is 34.2 Å². The Kier molecular flexibility index (Phi) is 5.59. The molecule has 1 aromatic rings. The van der Waals surface area contributed by atoms with Crippen LogP contribution in [0.25, 0.3) is 0 Å². The zero-order chi connectivity index (χ0) is 14.4. The van der Waals surface area contributed by atoms with Crippen molar-refractivity contribution >= 4 is 11.8 Å². The molecule has 0 bridgehead atoms. The maximum atomic E-state index is 5.68. The fourth-order valence-electron chi connectivity index (χ4n) is 1.98. The number of nitrogens with one attached hydrogen (secondary N) is 1. The first-order chi connectivity index (χ1) is 9.70. The summed E-state index contributed by atoms with van der Waals surface area (Å²) in [7, 11) is 2.05. The molecule has 0 atom stereocenters. The third-order valence-electron chi connectivity index (χ3n) is 3.46. The standard InChI is InChI=1S/C15H26N4O/c1-4-7-16-15-17-10-12(2)14(18-15)19(3)8-9-20-11-13-5-6-13/h10,13H,4-9,11H2,1-3H3,(H,16,17,18). The first-order valence-electron chi connectivity index (χ1n) is 7.57. The highest BCUT2D eigenvalue weighted by Crippen LogP contribution is 2.28. The van der Waals surface area contributed by atoms with E-state index in [0.717, 1.165) is 50.0 Å². The summed E-state index contributed by atoms with van der Waals surface area (Å²) in [5, 5.41) is 3.23. The predicted octanol–water partition coefficient (Wildman–Crippen LogP) is 2.47. The van der Waals surface area contributed by atoms with Crippen LogP contribution in [-0.4, -0.2) is 43.3 Å². The molecule has 2 rings (SSSR count). The second-order valence-corrected chi connectivity index (χ2v) is 5.57. The molecular weight excluding hydrogens is 252 g/mol. The molecule has 0 aromatic carbocycles. The van der Waals surface area contributed by atoms with Gasteiger partial charge in [0.25, 0.3) is 0 Å². The number of aryl methyl sites for hydroxylation is 1. The van der Waals surface area contributed by atoms with Crippen molar-refractivity contribution in [2.24, 2.45) is 5.92 Å². The molecular formula is C15H26N4O. The molecule has 1 aliphatic rings. The predicted molar refractivity (Wildman–Crippen MR) is 82.4 cm³/mol. The van der Waals surface area contributed by atoms with Crippen LogP contribution in [0.1, 0.15) is 31.7 Å². The van der Waals surface area contributed by atoms with E-state index in [-0.39, 0.29) is 0 Å². The minimum absolute atomic E-state index is 0.707. The maximum absolute atomic E-state index is 5.68. The van der Waals surface area contributed by atoms with Gasteiger partial charge in [0.2, 0.25) is 5.95 Å². The van der Waals surface area contributed by atoms with E-state index in [1.807, 2.05) is 13.1 Å². The number of aromatic nitrogens is 2. The summed E-state index contributed by atoms with van der Waals surface area (Å²) in [6, 6.07) is 0.